The Morgan fingerprint density at radius 1 is 0.880 bits per heavy atom. The van der Waals surface area contributed by atoms with Gasteiger partial charge in [0.15, 0.2) is 5.65 Å². The number of anilines is 2. The summed E-state index contributed by atoms with van der Waals surface area (Å²) in [6.45, 7) is 2.29. The third kappa shape index (κ3) is 3.06. The van der Waals surface area contributed by atoms with Crippen LogP contribution in [-0.4, -0.2) is 50.7 Å². The fourth-order valence-electron chi connectivity index (χ4n) is 2.77. The molecule has 1 aliphatic rings. The van der Waals surface area contributed by atoms with Crippen molar-refractivity contribution in [1.29, 1.82) is 0 Å². The van der Waals surface area contributed by atoms with Gasteiger partial charge in [-0.2, -0.15) is 18.3 Å². The van der Waals surface area contributed by atoms with E-state index in [1.807, 2.05) is 18.3 Å². The lowest BCUT2D eigenvalue weighted by molar-refractivity contribution is -0.141. The zero-order valence-corrected chi connectivity index (χ0v) is 13.1. The third-order valence-corrected chi connectivity index (χ3v) is 4.06. The molecule has 1 fully saturated rings. The van der Waals surface area contributed by atoms with Gasteiger partial charge in [-0.1, -0.05) is 0 Å². The van der Waals surface area contributed by atoms with Gasteiger partial charge in [-0.3, -0.25) is 0 Å². The molecule has 1 saturated heterocycles. The summed E-state index contributed by atoms with van der Waals surface area (Å²) in [6.07, 6.45) is 0.186. The molecule has 3 aromatic rings. The number of fused-ring (bicyclic) bond motifs is 1. The van der Waals surface area contributed by atoms with E-state index in [0.717, 1.165) is 23.7 Å². The van der Waals surface area contributed by atoms with E-state index in [1.54, 1.807) is 15.6 Å². The molecule has 130 valence electrons. The largest absolute Gasteiger partial charge is 0.433 e. The molecule has 0 saturated carbocycles. The first-order valence-corrected chi connectivity index (χ1v) is 7.71. The molecule has 0 atom stereocenters. The molecule has 0 spiro atoms. The Hall–Kier alpha value is -2.91. The van der Waals surface area contributed by atoms with Crippen LogP contribution in [0, 0.1) is 0 Å². The summed E-state index contributed by atoms with van der Waals surface area (Å²) < 4.78 is 40.0. The van der Waals surface area contributed by atoms with Crippen LogP contribution in [0.1, 0.15) is 5.69 Å². The molecule has 7 nitrogen and oxygen atoms in total. The zero-order chi connectivity index (χ0) is 17.4. The van der Waals surface area contributed by atoms with E-state index < -0.39 is 11.9 Å². The van der Waals surface area contributed by atoms with Gasteiger partial charge in [-0.05, 0) is 12.1 Å². The Bertz CT molecular complexity index is 884. The molecule has 10 heteroatoms. The summed E-state index contributed by atoms with van der Waals surface area (Å²) in [5, 5.41) is 4.10. The van der Waals surface area contributed by atoms with E-state index in [2.05, 4.69) is 25.0 Å². The maximum atomic E-state index is 12.8. The lowest BCUT2D eigenvalue weighted by Gasteiger charge is -2.35. The minimum Gasteiger partial charge on any atom is -0.353 e. The number of halogens is 3. The molecule has 0 aromatic carbocycles. The lowest BCUT2D eigenvalue weighted by Crippen LogP contribution is -2.47. The number of piperazine rings is 1. The van der Waals surface area contributed by atoms with Crippen molar-refractivity contribution in [2.45, 2.75) is 6.18 Å². The van der Waals surface area contributed by atoms with Crippen molar-refractivity contribution in [3.8, 4) is 0 Å². The Morgan fingerprint density at radius 2 is 1.64 bits per heavy atom. The molecule has 0 aliphatic carbocycles. The molecule has 0 amide bonds. The van der Waals surface area contributed by atoms with Gasteiger partial charge in [0, 0.05) is 44.6 Å². The van der Waals surface area contributed by atoms with E-state index in [-0.39, 0.29) is 5.95 Å². The van der Waals surface area contributed by atoms with E-state index in [0.29, 0.717) is 26.2 Å². The van der Waals surface area contributed by atoms with Gasteiger partial charge in [0.2, 0.25) is 5.95 Å². The summed E-state index contributed by atoms with van der Waals surface area (Å²) in [4.78, 5) is 16.0. The predicted octanol–water partition coefficient (Wildman–Crippen LogP) is 1.86. The van der Waals surface area contributed by atoms with Crippen LogP contribution in [0.2, 0.25) is 0 Å². The molecular weight excluding hydrogens is 335 g/mol. The number of nitrogens with zero attached hydrogens (tertiary/aromatic N) is 7. The van der Waals surface area contributed by atoms with Crippen LogP contribution in [0.4, 0.5) is 24.9 Å². The third-order valence-electron chi connectivity index (χ3n) is 4.06. The zero-order valence-electron chi connectivity index (χ0n) is 13.1. The molecule has 3 aromatic heterocycles. The Balaban J connectivity index is 1.48. The van der Waals surface area contributed by atoms with Crippen LogP contribution in [0.25, 0.3) is 5.65 Å². The molecule has 0 N–H and O–H groups in total. The normalized spacial score (nSPS) is 15.8. The highest BCUT2D eigenvalue weighted by Gasteiger charge is 2.33. The molecule has 0 radical (unpaired) electrons. The fraction of sp³-hybridized carbons (Fsp3) is 0.333. The summed E-state index contributed by atoms with van der Waals surface area (Å²) in [5.74, 6) is 0.922. The van der Waals surface area contributed by atoms with E-state index in [9.17, 15) is 13.2 Å². The first kappa shape index (κ1) is 15.6. The van der Waals surface area contributed by atoms with Gasteiger partial charge in [0.25, 0.3) is 0 Å². The fourth-order valence-corrected chi connectivity index (χ4v) is 2.77. The second-order valence-electron chi connectivity index (χ2n) is 5.63. The number of hydrogen-bond acceptors (Lipinski definition) is 6. The van der Waals surface area contributed by atoms with Crippen molar-refractivity contribution in [2.75, 3.05) is 36.0 Å². The Kier molecular flexibility index (Phi) is 3.66. The first-order valence-electron chi connectivity index (χ1n) is 7.71. The van der Waals surface area contributed by atoms with Gasteiger partial charge in [-0.25, -0.2) is 19.5 Å². The number of hydrogen-bond donors (Lipinski definition) is 0. The van der Waals surface area contributed by atoms with Gasteiger partial charge in [0.1, 0.15) is 11.5 Å². The second-order valence-corrected chi connectivity index (χ2v) is 5.63. The minimum atomic E-state index is -4.47. The van der Waals surface area contributed by atoms with Crippen LogP contribution < -0.4 is 9.80 Å². The molecular formula is C15H14F3N7. The maximum Gasteiger partial charge on any atom is 0.433 e. The monoisotopic (exact) mass is 349 g/mol. The number of rotatable bonds is 2. The molecule has 0 bridgehead atoms. The lowest BCUT2D eigenvalue weighted by atomic mass is 10.3. The van der Waals surface area contributed by atoms with E-state index >= 15 is 0 Å². The maximum absolute atomic E-state index is 12.8. The van der Waals surface area contributed by atoms with Crippen LogP contribution in [-0.2, 0) is 6.18 Å². The second kappa shape index (κ2) is 5.87. The van der Waals surface area contributed by atoms with Gasteiger partial charge >= 0.3 is 6.18 Å². The molecule has 1 aliphatic heterocycles. The van der Waals surface area contributed by atoms with E-state index in [4.69, 9.17) is 0 Å². The van der Waals surface area contributed by atoms with Crippen molar-refractivity contribution in [1.82, 2.24) is 24.6 Å². The Labute approximate surface area is 140 Å². The van der Waals surface area contributed by atoms with Crippen LogP contribution in [0.15, 0.2) is 36.8 Å². The first-order chi connectivity index (χ1) is 12.0. The van der Waals surface area contributed by atoms with Crippen LogP contribution in [0.5, 0.6) is 0 Å². The van der Waals surface area contributed by atoms with Crippen molar-refractivity contribution in [3.63, 3.8) is 0 Å². The van der Waals surface area contributed by atoms with Crippen LogP contribution >= 0.6 is 0 Å². The summed E-state index contributed by atoms with van der Waals surface area (Å²) in [5.41, 5.74) is -0.172. The minimum absolute atomic E-state index is 0.105. The summed E-state index contributed by atoms with van der Waals surface area (Å²) >= 11 is 0. The highest BCUT2D eigenvalue weighted by molar-refractivity contribution is 5.48. The molecule has 4 heterocycles. The highest BCUT2D eigenvalue weighted by atomic mass is 19.4. The van der Waals surface area contributed by atoms with Crippen molar-refractivity contribution in [2.24, 2.45) is 0 Å². The SMILES string of the molecule is FC(F)(F)c1ccnc(N2CCN(c3ccn4nccc4n3)CC2)n1. The Morgan fingerprint density at radius 3 is 2.40 bits per heavy atom. The molecule has 25 heavy (non-hydrogen) atoms. The average Bonchev–Trinajstić information content (AvgIpc) is 3.09. The smallest absolute Gasteiger partial charge is 0.353 e. The van der Waals surface area contributed by atoms with E-state index in [1.165, 1.54) is 0 Å². The quantitative estimate of drug-likeness (QED) is 0.704. The summed E-state index contributed by atoms with van der Waals surface area (Å²) in [7, 11) is 0. The highest BCUT2D eigenvalue weighted by Crippen LogP contribution is 2.28. The van der Waals surface area contributed by atoms with Crippen LogP contribution in [0.3, 0.4) is 0 Å². The number of alkyl halides is 3. The topological polar surface area (TPSA) is 62.5 Å². The number of aromatic nitrogens is 5. The predicted molar refractivity (Wildman–Crippen MR) is 84.4 cm³/mol. The average molecular weight is 349 g/mol. The molecule has 4 rings (SSSR count). The van der Waals surface area contributed by atoms with Gasteiger partial charge in [-0.15, -0.1) is 0 Å². The van der Waals surface area contributed by atoms with Gasteiger partial charge < -0.3 is 9.80 Å². The van der Waals surface area contributed by atoms with Crippen molar-refractivity contribution < 1.29 is 13.2 Å². The van der Waals surface area contributed by atoms with Gasteiger partial charge in [0.05, 0.1) is 6.20 Å². The summed E-state index contributed by atoms with van der Waals surface area (Å²) in [6, 6.07) is 4.57. The standard InChI is InChI=1S/C15H14F3N7/c16-15(17,18)11-1-4-19-14(21-11)24-9-7-23(8-10-24)12-3-6-25-13(22-12)2-5-20-25/h1-6H,7-10H2. The molecule has 0 unspecified atom stereocenters. The van der Waals surface area contributed by atoms with Crippen molar-refractivity contribution in [3.05, 3.63) is 42.5 Å². The van der Waals surface area contributed by atoms with Crippen molar-refractivity contribution >= 4 is 17.4 Å².